The Kier molecular flexibility index (Phi) is 6.96. The fourth-order valence-corrected chi connectivity index (χ4v) is 5.54. The molecule has 4 heterocycles. The maximum atomic E-state index is 12.6. The topological polar surface area (TPSA) is 103 Å². The number of benzene rings is 1. The number of methoxy groups -OCH3 is 1. The van der Waals surface area contributed by atoms with Crippen LogP contribution in [0.15, 0.2) is 36.4 Å². The number of hydrogen-bond donors (Lipinski definition) is 4. The van der Waals surface area contributed by atoms with Gasteiger partial charge in [-0.25, -0.2) is 4.79 Å². The van der Waals surface area contributed by atoms with Gasteiger partial charge < -0.3 is 34.7 Å². The zero-order chi connectivity index (χ0) is 25.3. The molecule has 0 amide bonds. The molecule has 4 aliphatic heterocycles. The smallest absolute Gasteiger partial charge is 0.374 e. The van der Waals surface area contributed by atoms with Crippen molar-refractivity contribution in [1.29, 1.82) is 0 Å². The molecule has 0 radical (unpaired) electrons. The van der Waals surface area contributed by atoms with Gasteiger partial charge in [0, 0.05) is 18.1 Å². The molecule has 9 nitrogen and oxygen atoms in total. The van der Waals surface area contributed by atoms with Gasteiger partial charge in [0.25, 0.3) is 0 Å². The van der Waals surface area contributed by atoms with E-state index in [-0.39, 0.29) is 18.3 Å². The number of ether oxygens (including phenoxy) is 4. The zero-order valence-electron chi connectivity index (χ0n) is 21.2. The lowest BCUT2D eigenvalue weighted by molar-refractivity contribution is -0.836. The van der Waals surface area contributed by atoms with Crippen LogP contribution >= 0.6 is 0 Å². The number of allylic oxidation sites excluding steroid dienone is 2. The number of rotatable bonds is 7. The van der Waals surface area contributed by atoms with E-state index in [0.29, 0.717) is 30.2 Å². The summed E-state index contributed by atoms with van der Waals surface area (Å²) in [5.74, 6) is 1.51. The molecule has 3 atom stereocenters. The van der Waals surface area contributed by atoms with Gasteiger partial charge in [0.05, 0.1) is 25.5 Å². The van der Waals surface area contributed by atoms with Crippen LogP contribution in [0.4, 0.5) is 0 Å². The highest BCUT2D eigenvalue weighted by atomic mass is 16.6. The molecule has 194 valence electrons. The highest BCUT2D eigenvalue weighted by Gasteiger charge is 2.46. The van der Waals surface area contributed by atoms with Crippen molar-refractivity contribution < 1.29 is 33.7 Å². The average Bonchev–Trinajstić information content (AvgIpc) is 3.56. The maximum Gasteiger partial charge on any atom is 0.374 e. The molecule has 3 unspecified atom stereocenters. The fourth-order valence-electron chi connectivity index (χ4n) is 5.54. The minimum atomic E-state index is -0.987. The third-order valence-corrected chi connectivity index (χ3v) is 7.61. The van der Waals surface area contributed by atoms with Gasteiger partial charge in [-0.05, 0) is 63.4 Å². The molecule has 1 saturated heterocycles. The monoisotopic (exact) mass is 498 g/mol. The summed E-state index contributed by atoms with van der Waals surface area (Å²) in [5.41, 5.74) is 1.54. The fraction of sp³-hybridized carbons (Fsp3) is 0.519. The molecule has 1 aromatic carbocycles. The normalized spacial score (nSPS) is 25.7. The molecule has 1 fully saturated rings. The summed E-state index contributed by atoms with van der Waals surface area (Å²) < 4.78 is 23.5. The predicted molar refractivity (Wildman–Crippen MR) is 134 cm³/mol. The first-order chi connectivity index (χ1) is 17.4. The number of hydrogen-bond acceptors (Lipinski definition) is 8. The highest BCUT2D eigenvalue weighted by molar-refractivity contribution is 5.95. The van der Waals surface area contributed by atoms with Crippen LogP contribution in [0, 0.1) is 5.92 Å². The second-order valence-corrected chi connectivity index (χ2v) is 9.89. The van der Waals surface area contributed by atoms with E-state index >= 15 is 0 Å². The van der Waals surface area contributed by atoms with Crippen molar-refractivity contribution in [3.05, 3.63) is 47.5 Å². The minimum absolute atomic E-state index is 0.124. The molecule has 0 bridgehead atoms. The van der Waals surface area contributed by atoms with Gasteiger partial charge in [-0.3, -0.25) is 4.90 Å². The van der Waals surface area contributed by atoms with E-state index in [2.05, 4.69) is 22.9 Å². The van der Waals surface area contributed by atoms with E-state index in [1.54, 1.807) is 20.1 Å². The molecule has 4 aliphatic rings. The molecule has 0 aromatic heterocycles. The molecule has 0 aliphatic carbocycles. The van der Waals surface area contributed by atoms with Crippen molar-refractivity contribution in [3.63, 3.8) is 0 Å². The lowest BCUT2D eigenvalue weighted by Crippen LogP contribution is -3.07. The molecular formula is C27H36N3O6+. The van der Waals surface area contributed by atoms with Gasteiger partial charge in [-0.2, -0.15) is 0 Å². The second-order valence-electron chi connectivity index (χ2n) is 9.89. The molecule has 1 aromatic rings. The maximum absolute atomic E-state index is 12.6. The number of aliphatic hydroxyl groups is 1. The van der Waals surface area contributed by atoms with Gasteiger partial charge in [0.2, 0.25) is 5.76 Å². The first-order valence-electron chi connectivity index (χ1n) is 12.8. The summed E-state index contributed by atoms with van der Waals surface area (Å²) in [7, 11) is 1.63. The zero-order valence-corrected chi connectivity index (χ0v) is 21.2. The van der Waals surface area contributed by atoms with Crippen molar-refractivity contribution >= 4 is 11.5 Å². The molecular weight excluding hydrogens is 462 g/mol. The van der Waals surface area contributed by atoms with Gasteiger partial charge in [0.15, 0.2) is 6.67 Å². The molecule has 5 rings (SSSR count). The number of piperidine rings is 1. The molecule has 0 saturated carbocycles. The van der Waals surface area contributed by atoms with Crippen molar-refractivity contribution in [2.75, 3.05) is 40.0 Å². The largest absolute Gasteiger partial charge is 0.496 e. The quantitative estimate of drug-likeness (QED) is 0.411. The highest BCUT2D eigenvalue weighted by Crippen LogP contribution is 2.50. The van der Waals surface area contributed by atoms with E-state index < -0.39 is 17.7 Å². The number of quaternary nitrogens is 1. The summed E-state index contributed by atoms with van der Waals surface area (Å²) in [6.45, 7) is 7.20. The molecule has 0 spiro atoms. The standard InChI is InChI=1S/C27H35N3O6/c1-4-34-26(31)22-13-17(7-11-30-12-10-29-16-30)24-21(35-22)15-20-19(25(24)33-3)14-23(36-20)27(2,32)18-5-8-28-9-6-18/h7,10,12-13,15,18,23,28-29,32H,4-6,8-9,11,14,16H2,1-3H3/p+1. The Morgan fingerprint density at radius 1 is 1.33 bits per heavy atom. The summed E-state index contributed by atoms with van der Waals surface area (Å²) >= 11 is 0. The number of esters is 1. The average molecular weight is 499 g/mol. The van der Waals surface area contributed by atoms with Gasteiger partial charge in [0.1, 0.15) is 41.7 Å². The molecule has 36 heavy (non-hydrogen) atoms. The third kappa shape index (κ3) is 4.58. The van der Waals surface area contributed by atoms with Crippen LogP contribution in [0.25, 0.3) is 5.57 Å². The van der Waals surface area contributed by atoms with Crippen LogP contribution in [0.3, 0.4) is 0 Å². The van der Waals surface area contributed by atoms with Crippen molar-refractivity contribution in [2.45, 2.75) is 44.8 Å². The van der Waals surface area contributed by atoms with Crippen molar-refractivity contribution in [3.8, 4) is 17.2 Å². The van der Waals surface area contributed by atoms with Gasteiger partial charge >= 0.3 is 5.97 Å². The lowest BCUT2D eigenvalue weighted by Gasteiger charge is -2.39. The van der Waals surface area contributed by atoms with E-state index in [1.165, 1.54) is 4.90 Å². The Hall–Kier alpha value is -3.01. The lowest BCUT2D eigenvalue weighted by atomic mass is 9.77. The number of carbonyl (C=O) groups excluding carboxylic acids is 1. The summed E-state index contributed by atoms with van der Waals surface area (Å²) in [5, 5.41) is 18.1. The van der Waals surface area contributed by atoms with Crippen LogP contribution in [0.1, 0.15) is 37.8 Å². The van der Waals surface area contributed by atoms with E-state index in [0.717, 1.165) is 49.3 Å². The number of fused-ring (bicyclic) bond motifs is 2. The van der Waals surface area contributed by atoms with Crippen molar-refractivity contribution in [2.24, 2.45) is 5.92 Å². The van der Waals surface area contributed by atoms with Crippen LogP contribution in [0.5, 0.6) is 17.2 Å². The predicted octanol–water partition coefficient (Wildman–Crippen LogP) is 0.889. The molecule has 9 heteroatoms. The Morgan fingerprint density at radius 3 is 2.83 bits per heavy atom. The SMILES string of the molecule is CCOC(=O)C1=CC(=CC[NH+]2C=CNC2)c2c(cc3c(c2OC)CC(C(C)(O)C2CCNCC2)O3)O1. The summed E-state index contributed by atoms with van der Waals surface area (Å²) in [4.78, 5) is 13.8. The van der Waals surface area contributed by atoms with E-state index in [9.17, 15) is 9.90 Å². The number of carbonyl (C=O) groups is 1. The van der Waals surface area contributed by atoms with Crippen LogP contribution < -0.4 is 29.7 Å². The van der Waals surface area contributed by atoms with Crippen LogP contribution in [-0.4, -0.2) is 62.8 Å². The van der Waals surface area contributed by atoms with Crippen molar-refractivity contribution in [1.82, 2.24) is 10.6 Å². The Labute approximate surface area is 211 Å². The Morgan fingerprint density at radius 2 is 2.14 bits per heavy atom. The second kappa shape index (κ2) is 10.2. The Bertz CT molecular complexity index is 1100. The summed E-state index contributed by atoms with van der Waals surface area (Å²) in [6.07, 6.45) is 9.75. The van der Waals surface area contributed by atoms with Gasteiger partial charge in [-0.15, -0.1) is 0 Å². The van der Waals surface area contributed by atoms with Gasteiger partial charge in [-0.1, -0.05) is 0 Å². The minimum Gasteiger partial charge on any atom is -0.496 e. The Balaban J connectivity index is 1.50. The third-order valence-electron chi connectivity index (χ3n) is 7.61. The first-order valence-corrected chi connectivity index (χ1v) is 12.8. The number of nitrogens with one attached hydrogen (secondary N) is 3. The first kappa shape index (κ1) is 24.7. The van der Waals surface area contributed by atoms with Crippen LogP contribution in [0.2, 0.25) is 0 Å². The molecule has 4 N–H and O–H groups in total. The summed E-state index contributed by atoms with van der Waals surface area (Å²) in [6, 6.07) is 1.82. The van der Waals surface area contributed by atoms with E-state index in [1.807, 2.05) is 19.2 Å². The van der Waals surface area contributed by atoms with Crippen LogP contribution in [-0.2, 0) is 16.0 Å². The van der Waals surface area contributed by atoms with E-state index in [4.69, 9.17) is 18.9 Å².